The molecule has 7 heteroatoms. The SMILES string of the molecule is CC#CCNC(=O)c1ccc(SC(F)(F)F)o1. The predicted octanol–water partition coefficient (Wildman–Crippen LogP) is 2.64. The summed E-state index contributed by atoms with van der Waals surface area (Å²) in [5.74, 6) is 4.38. The maximum atomic E-state index is 12.0. The normalized spacial score (nSPS) is 10.6. The van der Waals surface area contributed by atoms with Gasteiger partial charge in [-0.1, -0.05) is 5.92 Å². The fourth-order valence-corrected chi connectivity index (χ4v) is 1.41. The average molecular weight is 263 g/mol. The molecule has 0 radical (unpaired) electrons. The van der Waals surface area contributed by atoms with E-state index in [1.807, 2.05) is 0 Å². The van der Waals surface area contributed by atoms with Crippen molar-refractivity contribution in [3.63, 3.8) is 0 Å². The molecule has 0 saturated carbocycles. The minimum Gasteiger partial charge on any atom is -0.444 e. The van der Waals surface area contributed by atoms with Crippen molar-refractivity contribution < 1.29 is 22.4 Å². The molecule has 17 heavy (non-hydrogen) atoms. The van der Waals surface area contributed by atoms with Gasteiger partial charge in [0.25, 0.3) is 5.91 Å². The lowest BCUT2D eigenvalue weighted by atomic mass is 10.4. The fraction of sp³-hybridized carbons (Fsp3) is 0.300. The number of rotatable bonds is 3. The Morgan fingerprint density at radius 1 is 1.53 bits per heavy atom. The van der Waals surface area contributed by atoms with Gasteiger partial charge in [-0.05, 0) is 19.1 Å². The molecule has 0 aliphatic carbocycles. The second-order valence-electron chi connectivity index (χ2n) is 2.78. The van der Waals surface area contributed by atoms with Crippen LogP contribution in [0.1, 0.15) is 17.5 Å². The van der Waals surface area contributed by atoms with Crippen LogP contribution in [0.3, 0.4) is 0 Å². The quantitative estimate of drug-likeness (QED) is 0.673. The highest BCUT2D eigenvalue weighted by atomic mass is 32.2. The van der Waals surface area contributed by atoms with Crippen LogP contribution in [-0.4, -0.2) is 18.0 Å². The zero-order chi connectivity index (χ0) is 12.9. The highest BCUT2D eigenvalue weighted by Gasteiger charge is 2.31. The Kier molecular flexibility index (Phi) is 4.52. The highest BCUT2D eigenvalue weighted by molar-refractivity contribution is 8.00. The lowest BCUT2D eigenvalue weighted by Gasteiger charge is -2.01. The molecule has 1 N–H and O–H groups in total. The van der Waals surface area contributed by atoms with Crippen LogP contribution in [0.2, 0.25) is 0 Å². The summed E-state index contributed by atoms with van der Waals surface area (Å²) in [5.41, 5.74) is -4.43. The van der Waals surface area contributed by atoms with Crippen LogP contribution >= 0.6 is 11.8 Å². The summed E-state index contributed by atoms with van der Waals surface area (Å²) in [4.78, 5) is 11.3. The zero-order valence-electron chi connectivity index (χ0n) is 8.72. The summed E-state index contributed by atoms with van der Waals surface area (Å²) in [6.07, 6.45) is 0. The molecule has 0 atom stereocenters. The van der Waals surface area contributed by atoms with Gasteiger partial charge in [0.05, 0.1) is 6.54 Å². The number of halogens is 3. The molecular weight excluding hydrogens is 255 g/mol. The largest absolute Gasteiger partial charge is 0.449 e. The summed E-state index contributed by atoms with van der Waals surface area (Å²) in [7, 11) is 0. The molecule has 0 saturated heterocycles. The Morgan fingerprint density at radius 2 is 2.24 bits per heavy atom. The molecule has 1 heterocycles. The average Bonchev–Trinajstić information content (AvgIpc) is 2.64. The Balaban J connectivity index is 2.60. The molecule has 0 spiro atoms. The smallest absolute Gasteiger partial charge is 0.444 e. The predicted molar refractivity (Wildman–Crippen MR) is 56.4 cm³/mol. The van der Waals surface area contributed by atoms with Gasteiger partial charge in [0, 0.05) is 11.8 Å². The van der Waals surface area contributed by atoms with E-state index in [2.05, 4.69) is 17.2 Å². The molecule has 0 aromatic carbocycles. The Hall–Kier alpha value is -1.55. The maximum Gasteiger partial charge on any atom is 0.449 e. The highest BCUT2D eigenvalue weighted by Crippen LogP contribution is 2.37. The summed E-state index contributed by atoms with van der Waals surface area (Å²) < 4.78 is 40.7. The molecule has 3 nitrogen and oxygen atoms in total. The molecular formula is C10H8F3NO2S. The number of furan rings is 1. The van der Waals surface area contributed by atoms with Gasteiger partial charge in [-0.2, -0.15) is 13.2 Å². The van der Waals surface area contributed by atoms with E-state index in [0.717, 1.165) is 6.07 Å². The first-order valence-electron chi connectivity index (χ1n) is 4.46. The van der Waals surface area contributed by atoms with E-state index in [1.165, 1.54) is 6.07 Å². The molecule has 92 valence electrons. The molecule has 0 bridgehead atoms. The molecule has 0 aliphatic heterocycles. The second-order valence-corrected chi connectivity index (χ2v) is 3.85. The van der Waals surface area contributed by atoms with Crippen molar-refractivity contribution >= 4 is 17.7 Å². The standard InChI is InChI=1S/C10H8F3NO2S/c1-2-3-6-14-9(15)7-4-5-8(16-7)17-10(11,12)13/h4-5H,6H2,1H3,(H,14,15). The van der Waals surface area contributed by atoms with Gasteiger partial charge >= 0.3 is 5.51 Å². The van der Waals surface area contributed by atoms with Crippen LogP contribution < -0.4 is 5.32 Å². The third-order valence-corrected chi connectivity index (χ3v) is 2.19. The van der Waals surface area contributed by atoms with E-state index < -0.39 is 23.2 Å². The lowest BCUT2D eigenvalue weighted by molar-refractivity contribution is -0.0335. The van der Waals surface area contributed by atoms with Gasteiger partial charge in [0.15, 0.2) is 10.9 Å². The number of carbonyl (C=O) groups is 1. The van der Waals surface area contributed by atoms with Crippen LogP contribution in [-0.2, 0) is 0 Å². The van der Waals surface area contributed by atoms with Crippen LogP contribution in [0, 0.1) is 11.8 Å². The molecule has 1 aromatic heterocycles. The van der Waals surface area contributed by atoms with E-state index in [1.54, 1.807) is 6.92 Å². The monoisotopic (exact) mass is 263 g/mol. The fourth-order valence-electron chi connectivity index (χ4n) is 0.911. The summed E-state index contributed by atoms with van der Waals surface area (Å²) in [6.45, 7) is 1.73. The summed E-state index contributed by atoms with van der Waals surface area (Å²) >= 11 is -0.407. The van der Waals surface area contributed by atoms with Crippen LogP contribution in [0.25, 0.3) is 0 Å². The second kappa shape index (κ2) is 5.68. The summed E-state index contributed by atoms with van der Waals surface area (Å²) in [6, 6.07) is 2.28. The number of nitrogens with one attached hydrogen (secondary N) is 1. The van der Waals surface area contributed by atoms with Gasteiger partial charge < -0.3 is 9.73 Å². The van der Waals surface area contributed by atoms with E-state index in [9.17, 15) is 18.0 Å². The van der Waals surface area contributed by atoms with Crippen molar-refractivity contribution in [2.24, 2.45) is 0 Å². The number of alkyl halides is 3. The summed E-state index contributed by atoms with van der Waals surface area (Å²) in [5, 5.41) is 2.01. The van der Waals surface area contributed by atoms with Crippen molar-refractivity contribution in [1.29, 1.82) is 0 Å². The first-order chi connectivity index (χ1) is 7.92. The van der Waals surface area contributed by atoms with Crippen LogP contribution in [0.15, 0.2) is 21.6 Å². The van der Waals surface area contributed by atoms with Crippen LogP contribution in [0.5, 0.6) is 0 Å². The van der Waals surface area contributed by atoms with Crippen molar-refractivity contribution in [3.05, 3.63) is 17.9 Å². The molecule has 1 aromatic rings. The van der Waals surface area contributed by atoms with Gasteiger partial charge in [-0.15, -0.1) is 5.92 Å². The van der Waals surface area contributed by atoms with E-state index in [0.29, 0.717) is 0 Å². The number of carbonyl (C=O) groups excluding carboxylic acids is 1. The number of thioether (sulfide) groups is 1. The lowest BCUT2D eigenvalue weighted by Crippen LogP contribution is -2.22. The topological polar surface area (TPSA) is 42.2 Å². The van der Waals surface area contributed by atoms with E-state index >= 15 is 0 Å². The molecule has 0 fully saturated rings. The molecule has 1 amide bonds. The van der Waals surface area contributed by atoms with Gasteiger partial charge in [-0.25, -0.2) is 0 Å². The van der Waals surface area contributed by atoms with Crippen LogP contribution in [0.4, 0.5) is 13.2 Å². The third-order valence-electron chi connectivity index (χ3n) is 1.54. The Bertz CT molecular complexity index is 456. The number of amides is 1. The third kappa shape index (κ3) is 4.87. The van der Waals surface area contributed by atoms with E-state index in [4.69, 9.17) is 4.42 Å². The Labute approximate surface area is 99.7 Å². The van der Waals surface area contributed by atoms with E-state index in [-0.39, 0.29) is 17.4 Å². The first-order valence-corrected chi connectivity index (χ1v) is 5.27. The zero-order valence-corrected chi connectivity index (χ0v) is 9.54. The maximum absolute atomic E-state index is 12.0. The number of hydrogen-bond donors (Lipinski definition) is 1. The Morgan fingerprint density at radius 3 is 2.82 bits per heavy atom. The van der Waals surface area contributed by atoms with Crippen molar-refractivity contribution in [1.82, 2.24) is 5.32 Å². The van der Waals surface area contributed by atoms with Crippen molar-refractivity contribution in [2.75, 3.05) is 6.54 Å². The minimum absolute atomic E-state index is 0.123. The van der Waals surface area contributed by atoms with Crippen molar-refractivity contribution in [2.45, 2.75) is 17.5 Å². The molecule has 0 aliphatic rings. The molecule has 1 rings (SSSR count). The first kappa shape index (κ1) is 13.5. The van der Waals surface area contributed by atoms with Crippen molar-refractivity contribution in [3.8, 4) is 11.8 Å². The number of hydrogen-bond acceptors (Lipinski definition) is 3. The van der Waals surface area contributed by atoms with Gasteiger partial charge in [0.1, 0.15) is 0 Å². The molecule has 0 unspecified atom stereocenters. The van der Waals surface area contributed by atoms with Gasteiger partial charge in [-0.3, -0.25) is 4.79 Å². The van der Waals surface area contributed by atoms with Gasteiger partial charge in [0.2, 0.25) is 0 Å². The minimum atomic E-state index is -4.43.